The summed E-state index contributed by atoms with van der Waals surface area (Å²) in [5.41, 5.74) is 4.10. The molecule has 1 atom stereocenters. The number of aliphatic hydroxyl groups is 1. The van der Waals surface area contributed by atoms with Crippen molar-refractivity contribution in [3.05, 3.63) is 30.3 Å². The molecular formula is C10H16N2O. The zero-order valence-electron chi connectivity index (χ0n) is 8.07. The van der Waals surface area contributed by atoms with Gasteiger partial charge in [-0.15, -0.1) is 0 Å². The predicted molar refractivity (Wildman–Crippen MR) is 54.1 cm³/mol. The van der Waals surface area contributed by atoms with Crippen LogP contribution in [-0.4, -0.2) is 22.9 Å². The molecule has 0 spiro atoms. The Morgan fingerprint density at radius 2 is 2.00 bits per heavy atom. The number of hydrogen-bond donors (Lipinski definition) is 2. The quantitative estimate of drug-likeness (QED) is 0.546. The summed E-state index contributed by atoms with van der Waals surface area (Å²) >= 11 is 0. The van der Waals surface area contributed by atoms with E-state index in [1.165, 1.54) is 0 Å². The average Bonchev–Trinajstić information content (AvgIpc) is 2.15. The SMILES string of the molecule is CCN(Nc1ccccc1)C(C)O. The molecule has 3 heteroatoms. The molecule has 0 heterocycles. The van der Waals surface area contributed by atoms with Crippen LogP contribution in [-0.2, 0) is 0 Å². The number of nitrogens with one attached hydrogen (secondary N) is 1. The van der Waals surface area contributed by atoms with Crippen molar-refractivity contribution in [1.29, 1.82) is 0 Å². The maximum absolute atomic E-state index is 9.34. The molecule has 0 fully saturated rings. The molecule has 0 bridgehead atoms. The lowest BCUT2D eigenvalue weighted by Gasteiger charge is -2.25. The Hall–Kier alpha value is -1.06. The van der Waals surface area contributed by atoms with E-state index in [1.807, 2.05) is 37.3 Å². The molecule has 13 heavy (non-hydrogen) atoms. The molecule has 0 aliphatic rings. The van der Waals surface area contributed by atoms with Crippen LogP contribution >= 0.6 is 0 Å². The van der Waals surface area contributed by atoms with Crippen LogP contribution in [0.1, 0.15) is 13.8 Å². The summed E-state index contributed by atoms with van der Waals surface area (Å²) in [4.78, 5) is 0. The third kappa shape index (κ3) is 3.05. The van der Waals surface area contributed by atoms with Crippen molar-refractivity contribution in [2.75, 3.05) is 12.0 Å². The minimum atomic E-state index is -0.481. The van der Waals surface area contributed by atoms with E-state index in [2.05, 4.69) is 5.43 Å². The van der Waals surface area contributed by atoms with E-state index in [0.717, 1.165) is 12.2 Å². The molecule has 0 aliphatic carbocycles. The fraction of sp³-hybridized carbons (Fsp3) is 0.400. The van der Waals surface area contributed by atoms with Crippen molar-refractivity contribution in [3.8, 4) is 0 Å². The van der Waals surface area contributed by atoms with E-state index in [1.54, 1.807) is 11.9 Å². The molecule has 1 aromatic rings. The first kappa shape index (κ1) is 10.0. The fourth-order valence-electron chi connectivity index (χ4n) is 1.12. The summed E-state index contributed by atoms with van der Waals surface area (Å²) in [6.07, 6.45) is -0.481. The lowest BCUT2D eigenvalue weighted by atomic mass is 10.3. The smallest absolute Gasteiger partial charge is 0.121 e. The Labute approximate surface area is 79.0 Å². The number of hydrogen-bond acceptors (Lipinski definition) is 3. The molecular weight excluding hydrogens is 164 g/mol. The fourth-order valence-corrected chi connectivity index (χ4v) is 1.12. The van der Waals surface area contributed by atoms with E-state index < -0.39 is 6.23 Å². The first-order valence-corrected chi connectivity index (χ1v) is 4.50. The number of nitrogens with zero attached hydrogens (tertiary/aromatic N) is 1. The summed E-state index contributed by atoms with van der Waals surface area (Å²) in [7, 11) is 0. The van der Waals surface area contributed by atoms with Crippen molar-refractivity contribution in [1.82, 2.24) is 5.01 Å². The maximum atomic E-state index is 9.34. The summed E-state index contributed by atoms with van der Waals surface area (Å²) in [6.45, 7) is 4.48. The number of para-hydroxylation sites is 1. The minimum absolute atomic E-state index is 0.481. The van der Waals surface area contributed by atoms with E-state index in [4.69, 9.17) is 0 Å². The van der Waals surface area contributed by atoms with Gasteiger partial charge in [0.2, 0.25) is 0 Å². The molecule has 0 aliphatic heterocycles. The second kappa shape index (κ2) is 4.84. The van der Waals surface area contributed by atoms with Crippen LogP contribution in [0.15, 0.2) is 30.3 Å². The van der Waals surface area contributed by atoms with Gasteiger partial charge in [-0.05, 0) is 19.1 Å². The molecule has 0 radical (unpaired) electrons. The second-order valence-electron chi connectivity index (χ2n) is 2.90. The van der Waals surface area contributed by atoms with Crippen LogP contribution in [0.3, 0.4) is 0 Å². The Bertz CT molecular complexity index is 236. The largest absolute Gasteiger partial charge is 0.377 e. The highest BCUT2D eigenvalue weighted by molar-refractivity contribution is 5.41. The standard InChI is InChI=1S/C10H16N2O/c1-3-12(9(2)13)11-10-7-5-4-6-8-10/h4-9,11,13H,3H2,1-2H3. The third-order valence-corrected chi connectivity index (χ3v) is 1.84. The summed E-state index contributed by atoms with van der Waals surface area (Å²) in [5.74, 6) is 0. The minimum Gasteiger partial charge on any atom is -0.377 e. The Kier molecular flexibility index (Phi) is 3.73. The Morgan fingerprint density at radius 1 is 1.38 bits per heavy atom. The van der Waals surface area contributed by atoms with Gasteiger partial charge in [-0.25, -0.2) is 0 Å². The maximum Gasteiger partial charge on any atom is 0.121 e. The molecule has 1 unspecified atom stereocenters. The Balaban J connectivity index is 2.57. The van der Waals surface area contributed by atoms with Crippen LogP contribution in [0, 0.1) is 0 Å². The number of benzene rings is 1. The lowest BCUT2D eigenvalue weighted by molar-refractivity contribution is 0.0414. The third-order valence-electron chi connectivity index (χ3n) is 1.84. The summed E-state index contributed by atoms with van der Waals surface area (Å²) in [5, 5.41) is 11.1. The highest BCUT2D eigenvalue weighted by Gasteiger charge is 2.06. The molecule has 0 saturated heterocycles. The van der Waals surface area contributed by atoms with Gasteiger partial charge in [0.25, 0.3) is 0 Å². The van der Waals surface area contributed by atoms with Crippen molar-refractivity contribution < 1.29 is 5.11 Å². The van der Waals surface area contributed by atoms with Gasteiger partial charge < -0.3 is 10.5 Å². The number of rotatable bonds is 4. The van der Waals surface area contributed by atoms with Crippen molar-refractivity contribution in [2.45, 2.75) is 20.1 Å². The average molecular weight is 180 g/mol. The molecule has 72 valence electrons. The molecule has 0 amide bonds. The van der Waals surface area contributed by atoms with Crippen LogP contribution in [0.25, 0.3) is 0 Å². The Morgan fingerprint density at radius 3 is 2.46 bits per heavy atom. The van der Waals surface area contributed by atoms with E-state index >= 15 is 0 Å². The molecule has 2 N–H and O–H groups in total. The number of hydrazine groups is 1. The zero-order valence-corrected chi connectivity index (χ0v) is 8.07. The molecule has 3 nitrogen and oxygen atoms in total. The molecule has 1 aromatic carbocycles. The van der Waals surface area contributed by atoms with Gasteiger partial charge >= 0.3 is 0 Å². The topological polar surface area (TPSA) is 35.5 Å². The summed E-state index contributed by atoms with van der Waals surface area (Å²) in [6, 6.07) is 9.80. The highest BCUT2D eigenvalue weighted by atomic mass is 16.3. The van der Waals surface area contributed by atoms with Gasteiger partial charge in [0, 0.05) is 12.2 Å². The molecule has 0 saturated carbocycles. The van der Waals surface area contributed by atoms with E-state index in [0.29, 0.717) is 0 Å². The van der Waals surface area contributed by atoms with Crippen LogP contribution in [0.4, 0.5) is 5.69 Å². The second-order valence-corrected chi connectivity index (χ2v) is 2.90. The molecule has 1 rings (SSSR count). The highest BCUT2D eigenvalue weighted by Crippen LogP contribution is 2.07. The van der Waals surface area contributed by atoms with Gasteiger partial charge in [-0.1, -0.05) is 25.1 Å². The van der Waals surface area contributed by atoms with E-state index in [-0.39, 0.29) is 0 Å². The molecule has 0 aromatic heterocycles. The van der Waals surface area contributed by atoms with Gasteiger partial charge in [-0.2, -0.15) is 5.01 Å². The number of anilines is 1. The van der Waals surface area contributed by atoms with Crippen molar-refractivity contribution in [3.63, 3.8) is 0 Å². The normalized spacial score (nSPS) is 12.9. The first-order chi connectivity index (χ1) is 6.24. The summed E-state index contributed by atoms with van der Waals surface area (Å²) < 4.78 is 0. The zero-order chi connectivity index (χ0) is 9.68. The predicted octanol–water partition coefficient (Wildman–Crippen LogP) is 1.67. The van der Waals surface area contributed by atoms with Crippen LogP contribution in [0.2, 0.25) is 0 Å². The van der Waals surface area contributed by atoms with Gasteiger partial charge in [0.1, 0.15) is 6.23 Å². The van der Waals surface area contributed by atoms with Gasteiger partial charge in [-0.3, -0.25) is 0 Å². The van der Waals surface area contributed by atoms with Gasteiger partial charge in [0.15, 0.2) is 0 Å². The number of aliphatic hydroxyl groups excluding tert-OH is 1. The monoisotopic (exact) mass is 180 g/mol. The first-order valence-electron chi connectivity index (χ1n) is 4.50. The van der Waals surface area contributed by atoms with Crippen molar-refractivity contribution >= 4 is 5.69 Å². The lowest BCUT2D eigenvalue weighted by Crippen LogP contribution is -2.37. The van der Waals surface area contributed by atoms with Crippen molar-refractivity contribution in [2.24, 2.45) is 0 Å². The van der Waals surface area contributed by atoms with Gasteiger partial charge in [0.05, 0.1) is 0 Å². The van der Waals surface area contributed by atoms with Crippen LogP contribution < -0.4 is 5.43 Å². The van der Waals surface area contributed by atoms with E-state index in [9.17, 15) is 5.11 Å². The van der Waals surface area contributed by atoms with Crippen LogP contribution in [0.5, 0.6) is 0 Å².